The maximum atomic E-state index is 12.5. The molecule has 0 aliphatic carbocycles. The first-order chi connectivity index (χ1) is 14.7. The molecular formula is C27H29NO2. The van der Waals surface area contributed by atoms with Crippen LogP contribution in [0.2, 0.25) is 0 Å². The fourth-order valence-corrected chi connectivity index (χ4v) is 3.59. The van der Waals surface area contributed by atoms with E-state index in [4.69, 9.17) is 4.74 Å². The molecule has 3 aromatic carbocycles. The molecule has 0 bridgehead atoms. The van der Waals surface area contributed by atoms with E-state index in [1.54, 1.807) is 0 Å². The van der Waals surface area contributed by atoms with E-state index in [2.05, 4.69) is 43.5 Å². The van der Waals surface area contributed by atoms with Crippen LogP contribution in [-0.4, -0.2) is 36.9 Å². The summed E-state index contributed by atoms with van der Waals surface area (Å²) >= 11 is 0. The van der Waals surface area contributed by atoms with Gasteiger partial charge in [0.15, 0.2) is 5.78 Å². The van der Waals surface area contributed by atoms with Crippen LogP contribution in [0.25, 0.3) is 22.3 Å². The van der Waals surface area contributed by atoms with Crippen LogP contribution in [0.4, 0.5) is 0 Å². The van der Waals surface area contributed by atoms with Gasteiger partial charge in [0.2, 0.25) is 0 Å². The van der Waals surface area contributed by atoms with Crippen LogP contribution in [0.1, 0.15) is 24.2 Å². The van der Waals surface area contributed by atoms with Gasteiger partial charge in [0.05, 0.1) is 0 Å². The molecule has 0 N–H and O–H groups in total. The summed E-state index contributed by atoms with van der Waals surface area (Å²) in [5.41, 5.74) is 4.66. The maximum absolute atomic E-state index is 12.5. The summed E-state index contributed by atoms with van der Waals surface area (Å²) in [6.07, 6.45) is 1.37. The van der Waals surface area contributed by atoms with Crippen LogP contribution in [0.3, 0.4) is 0 Å². The first kappa shape index (κ1) is 21.5. The second kappa shape index (κ2) is 10.6. The van der Waals surface area contributed by atoms with Crippen LogP contribution in [0.15, 0.2) is 85.5 Å². The Morgan fingerprint density at radius 3 is 2.23 bits per heavy atom. The molecule has 3 aromatic rings. The van der Waals surface area contributed by atoms with E-state index in [1.807, 2.05) is 54.6 Å². The number of allylic oxidation sites excluding steroid dienone is 1. The standard InChI is InChI=1S/C27H29NO2/c1-4-26(29)25-14-10-13-24(27(25)22-11-8-7-9-12-22)21-15-17-23(18-16-21)30-20-19-28(5-2)6-3/h4,7-18H,1,5-6,19-20H2,2-3H3. The Kier molecular flexibility index (Phi) is 7.58. The lowest BCUT2D eigenvalue weighted by Gasteiger charge is -2.18. The minimum absolute atomic E-state index is 0.0768. The summed E-state index contributed by atoms with van der Waals surface area (Å²) in [6, 6.07) is 23.9. The van der Waals surface area contributed by atoms with Crippen molar-refractivity contribution in [2.45, 2.75) is 13.8 Å². The number of carbonyl (C=O) groups excluding carboxylic acids is 1. The molecule has 30 heavy (non-hydrogen) atoms. The van der Waals surface area contributed by atoms with Crippen molar-refractivity contribution in [1.29, 1.82) is 0 Å². The highest BCUT2D eigenvalue weighted by molar-refractivity contribution is 6.11. The number of hydrogen-bond acceptors (Lipinski definition) is 3. The zero-order valence-corrected chi connectivity index (χ0v) is 17.8. The van der Waals surface area contributed by atoms with Crippen molar-refractivity contribution in [3.8, 4) is 28.0 Å². The summed E-state index contributed by atoms with van der Waals surface area (Å²) < 4.78 is 5.92. The fourth-order valence-electron chi connectivity index (χ4n) is 3.59. The van der Waals surface area contributed by atoms with Gasteiger partial charge in [-0.05, 0) is 48.0 Å². The van der Waals surface area contributed by atoms with Crippen molar-refractivity contribution in [3.05, 3.63) is 91.0 Å². The summed E-state index contributed by atoms with van der Waals surface area (Å²) in [5, 5.41) is 0. The predicted octanol–water partition coefficient (Wildman–Crippen LogP) is 6.11. The third-order valence-electron chi connectivity index (χ3n) is 5.31. The van der Waals surface area contributed by atoms with Gasteiger partial charge in [-0.1, -0.05) is 81.1 Å². The molecule has 0 spiro atoms. The largest absolute Gasteiger partial charge is 0.492 e. The summed E-state index contributed by atoms with van der Waals surface area (Å²) in [5.74, 6) is 0.776. The Morgan fingerprint density at radius 2 is 1.60 bits per heavy atom. The number of nitrogens with zero attached hydrogens (tertiary/aromatic N) is 1. The highest BCUT2D eigenvalue weighted by Crippen LogP contribution is 2.36. The van der Waals surface area contributed by atoms with Crippen molar-refractivity contribution >= 4 is 5.78 Å². The second-order valence-electron chi connectivity index (χ2n) is 7.06. The topological polar surface area (TPSA) is 29.5 Å². The molecule has 3 heteroatoms. The van der Waals surface area contributed by atoms with Crippen molar-refractivity contribution in [2.75, 3.05) is 26.2 Å². The minimum Gasteiger partial charge on any atom is -0.492 e. The van der Waals surface area contributed by atoms with Crippen molar-refractivity contribution < 1.29 is 9.53 Å². The molecule has 0 amide bonds. The molecule has 0 aromatic heterocycles. The molecular weight excluding hydrogens is 370 g/mol. The van der Waals surface area contributed by atoms with E-state index < -0.39 is 0 Å². The number of hydrogen-bond donors (Lipinski definition) is 0. The van der Waals surface area contributed by atoms with Crippen LogP contribution in [0.5, 0.6) is 5.75 Å². The second-order valence-corrected chi connectivity index (χ2v) is 7.06. The van der Waals surface area contributed by atoms with Crippen molar-refractivity contribution in [1.82, 2.24) is 4.90 Å². The van der Waals surface area contributed by atoms with E-state index in [1.165, 1.54) is 6.08 Å². The molecule has 3 nitrogen and oxygen atoms in total. The quantitative estimate of drug-likeness (QED) is 0.304. The lowest BCUT2D eigenvalue weighted by molar-refractivity contribution is 0.104. The average molecular weight is 400 g/mol. The van der Waals surface area contributed by atoms with Gasteiger partial charge in [0.1, 0.15) is 12.4 Å². The minimum atomic E-state index is -0.0768. The highest BCUT2D eigenvalue weighted by Gasteiger charge is 2.15. The van der Waals surface area contributed by atoms with E-state index in [9.17, 15) is 4.79 Å². The van der Waals surface area contributed by atoms with Crippen LogP contribution in [-0.2, 0) is 0 Å². The lowest BCUT2D eigenvalue weighted by Crippen LogP contribution is -2.27. The number of ether oxygens (including phenoxy) is 1. The molecule has 0 saturated heterocycles. The third kappa shape index (κ3) is 5.05. The van der Waals surface area contributed by atoms with E-state index in [0.717, 1.165) is 47.6 Å². The highest BCUT2D eigenvalue weighted by atomic mass is 16.5. The molecule has 0 aliphatic heterocycles. The normalized spacial score (nSPS) is 10.8. The Morgan fingerprint density at radius 1 is 0.900 bits per heavy atom. The molecule has 3 rings (SSSR count). The first-order valence-electron chi connectivity index (χ1n) is 10.5. The summed E-state index contributed by atoms with van der Waals surface area (Å²) in [4.78, 5) is 14.9. The van der Waals surface area contributed by atoms with Gasteiger partial charge in [0, 0.05) is 17.7 Å². The van der Waals surface area contributed by atoms with Crippen molar-refractivity contribution in [2.24, 2.45) is 0 Å². The van der Waals surface area contributed by atoms with Gasteiger partial charge in [-0.25, -0.2) is 0 Å². The molecule has 0 unspecified atom stereocenters. The molecule has 0 radical (unpaired) electrons. The van der Waals surface area contributed by atoms with E-state index >= 15 is 0 Å². The third-order valence-corrected chi connectivity index (χ3v) is 5.31. The number of ketones is 1. The fraction of sp³-hybridized carbons (Fsp3) is 0.222. The number of benzene rings is 3. The van der Waals surface area contributed by atoms with Gasteiger partial charge >= 0.3 is 0 Å². The SMILES string of the molecule is C=CC(=O)c1cccc(-c2ccc(OCCN(CC)CC)cc2)c1-c1ccccc1. The number of likely N-dealkylation sites (N-methyl/N-ethyl adjacent to an activating group) is 1. The number of carbonyl (C=O) groups is 1. The molecule has 0 fully saturated rings. The van der Waals surface area contributed by atoms with E-state index in [-0.39, 0.29) is 5.78 Å². The zero-order valence-electron chi connectivity index (χ0n) is 17.8. The van der Waals surface area contributed by atoms with Crippen LogP contribution >= 0.6 is 0 Å². The first-order valence-corrected chi connectivity index (χ1v) is 10.5. The average Bonchev–Trinajstić information content (AvgIpc) is 2.82. The predicted molar refractivity (Wildman–Crippen MR) is 125 cm³/mol. The summed E-state index contributed by atoms with van der Waals surface area (Å²) in [6.45, 7) is 11.6. The molecule has 0 aliphatic rings. The van der Waals surface area contributed by atoms with Gasteiger partial charge in [0.25, 0.3) is 0 Å². The van der Waals surface area contributed by atoms with Crippen LogP contribution in [0, 0.1) is 0 Å². The van der Waals surface area contributed by atoms with E-state index in [0.29, 0.717) is 12.2 Å². The summed E-state index contributed by atoms with van der Waals surface area (Å²) in [7, 11) is 0. The van der Waals surface area contributed by atoms with Gasteiger partial charge in [-0.15, -0.1) is 0 Å². The van der Waals surface area contributed by atoms with Crippen molar-refractivity contribution in [3.63, 3.8) is 0 Å². The zero-order chi connectivity index (χ0) is 21.3. The van der Waals surface area contributed by atoms with Crippen LogP contribution < -0.4 is 4.74 Å². The monoisotopic (exact) mass is 399 g/mol. The molecule has 0 atom stereocenters. The maximum Gasteiger partial charge on any atom is 0.185 e. The van der Waals surface area contributed by atoms with Gasteiger partial charge < -0.3 is 9.64 Å². The Balaban J connectivity index is 1.90. The molecule has 0 heterocycles. The Bertz CT molecular complexity index is 974. The Hall–Kier alpha value is -3.17. The molecule has 154 valence electrons. The van der Waals surface area contributed by atoms with Gasteiger partial charge in [-0.2, -0.15) is 0 Å². The smallest absolute Gasteiger partial charge is 0.185 e. The number of rotatable bonds is 10. The lowest BCUT2D eigenvalue weighted by atomic mass is 9.89. The Labute approximate surface area is 179 Å². The molecule has 0 saturated carbocycles. The van der Waals surface area contributed by atoms with Gasteiger partial charge in [-0.3, -0.25) is 4.79 Å².